The standard InChI is InChI=1S/C24H44N2O3S/c1-8-29-17-30-22(26-14-10-12-21(26)28)16-24(6,7)19(15-23(4,5)18(2)3)25-13-9-11-20(25)27/h18-19,22H,8-17H2,1-7H3. The molecule has 0 aromatic heterocycles. The lowest BCUT2D eigenvalue weighted by atomic mass is 9.68. The van der Waals surface area contributed by atoms with Crippen molar-refractivity contribution in [1.82, 2.24) is 9.80 Å². The van der Waals surface area contributed by atoms with Crippen LogP contribution in [0.25, 0.3) is 0 Å². The van der Waals surface area contributed by atoms with Crippen molar-refractivity contribution in [1.29, 1.82) is 0 Å². The van der Waals surface area contributed by atoms with E-state index in [1.807, 2.05) is 6.92 Å². The third kappa shape index (κ3) is 6.38. The largest absolute Gasteiger partial charge is 0.371 e. The molecule has 2 aliphatic heterocycles. The molecule has 0 aromatic carbocycles. The summed E-state index contributed by atoms with van der Waals surface area (Å²) in [4.78, 5) is 29.5. The summed E-state index contributed by atoms with van der Waals surface area (Å²) in [7, 11) is 0. The van der Waals surface area contributed by atoms with Crippen LogP contribution in [0, 0.1) is 16.7 Å². The lowest BCUT2D eigenvalue weighted by Gasteiger charge is -2.47. The second-order valence-corrected chi connectivity index (χ2v) is 11.8. The van der Waals surface area contributed by atoms with Gasteiger partial charge in [0.15, 0.2) is 0 Å². The van der Waals surface area contributed by atoms with Gasteiger partial charge >= 0.3 is 0 Å². The van der Waals surface area contributed by atoms with Crippen LogP contribution in [-0.2, 0) is 14.3 Å². The summed E-state index contributed by atoms with van der Waals surface area (Å²) >= 11 is 1.74. The fraction of sp³-hybridized carbons (Fsp3) is 0.917. The fourth-order valence-corrected chi connectivity index (χ4v) is 5.94. The molecule has 6 heteroatoms. The SMILES string of the molecule is CCOCSC(CC(C)(C)C(CC(C)(C)C(C)C)N1CCCC1=O)N1CCCC1=O. The molecule has 2 fully saturated rings. The zero-order valence-electron chi connectivity index (χ0n) is 20.3. The van der Waals surface area contributed by atoms with E-state index in [-0.39, 0.29) is 28.2 Å². The first-order valence-corrected chi connectivity index (χ1v) is 12.8. The Labute approximate surface area is 188 Å². The first kappa shape index (κ1) is 25.5. The van der Waals surface area contributed by atoms with Crippen LogP contribution in [0.2, 0.25) is 0 Å². The first-order chi connectivity index (χ1) is 14.0. The lowest BCUT2D eigenvalue weighted by Crippen LogP contribution is -2.51. The van der Waals surface area contributed by atoms with Gasteiger partial charge in [-0.1, -0.05) is 41.5 Å². The smallest absolute Gasteiger partial charge is 0.223 e. The molecule has 0 saturated carbocycles. The molecule has 2 rings (SSSR count). The first-order valence-electron chi connectivity index (χ1n) is 11.8. The number of likely N-dealkylation sites (tertiary alicyclic amines) is 2. The Kier molecular flexibility index (Phi) is 9.11. The van der Waals surface area contributed by atoms with Crippen molar-refractivity contribution in [2.75, 3.05) is 25.6 Å². The minimum absolute atomic E-state index is 0.0983. The van der Waals surface area contributed by atoms with Crippen LogP contribution in [0.1, 0.15) is 87.0 Å². The number of carbonyl (C=O) groups excluding carboxylic acids is 2. The van der Waals surface area contributed by atoms with Crippen molar-refractivity contribution in [2.24, 2.45) is 16.7 Å². The van der Waals surface area contributed by atoms with E-state index in [1.54, 1.807) is 11.8 Å². The highest BCUT2D eigenvalue weighted by Crippen LogP contribution is 2.44. The number of rotatable bonds is 12. The molecule has 0 spiro atoms. The van der Waals surface area contributed by atoms with E-state index in [0.717, 1.165) is 38.8 Å². The van der Waals surface area contributed by atoms with Crippen LogP contribution in [0.4, 0.5) is 0 Å². The molecule has 2 aliphatic rings. The van der Waals surface area contributed by atoms with Gasteiger partial charge in [0.05, 0.1) is 11.3 Å². The molecule has 0 bridgehead atoms. The highest BCUT2D eigenvalue weighted by atomic mass is 32.2. The van der Waals surface area contributed by atoms with E-state index in [4.69, 9.17) is 4.74 Å². The van der Waals surface area contributed by atoms with E-state index in [9.17, 15) is 9.59 Å². The Hall–Kier alpha value is -0.750. The summed E-state index contributed by atoms with van der Waals surface area (Å²) in [6, 6.07) is 0.179. The number of amides is 2. The van der Waals surface area contributed by atoms with Crippen molar-refractivity contribution in [3.05, 3.63) is 0 Å². The van der Waals surface area contributed by atoms with E-state index in [1.165, 1.54) is 0 Å². The Morgan fingerprint density at radius 2 is 1.50 bits per heavy atom. The van der Waals surface area contributed by atoms with Crippen molar-refractivity contribution < 1.29 is 14.3 Å². The lowest BCUT2D eigenvalue weighted by molar-refractivity contribution is -0.134. The summed E-state index contributed by atoms with van der Waals surface area (Å²) < 4.78 is 5.62. The van der Waals surface area contributed by atoms with Crippen molar-refractivity contribution >= 4 is 23.6 Å². The second-order valence-electron chi connectivity index (χ2n) is 10.7. The van der Waals surface area contributed by atoms with Gasteiger partial charge in [-0.3, -0.25) is 9.59 Å². The molecule has 30 heavy (non-hydrogen) atoms. The van der Waals surface area contributed by atoms with Gasteiger partial charge < -0.3 is 14.5 Å². The average Bonchev–Trinajstić information content (AvgIpc) is 3.27. The average molecular weight is 441 g/mol. The second kappa shape index (κ2) is 10.7. The monoisotopic (exact) mass is 440 g/mol. The predicted molar refractivity (Wildman–Crippen MR) is 125 cm³/mol. The van der Waals surface area contributed by atoms with Crippen LogP contribution in [0.3, 0.4) is 0 Å². The van der Waals surface area contributed by atoms with E-state index >= 15 is 0 Å². The number of hydrogen-bond acceptors (Lipinski definition) is 4. The van der Waals surface area contributed by atoms with Gasteiger partial charge in [0.25, 0.3) is 0 Å². The summed E-state index contributed by atoms with van der Waals surface area (Å²) in [5.74, 6) is 1.70. The highest BCUT2D eigenvalue weighted by Gasteiger charge is 2.44. The summed E-state index contributed by atoms with van der Waals surface area (Å²) in [5, 5.41) is 0.101. The van der Waals surface area contributed by atoms with Crippen LogP contribution in [0.5, 0.6) is 0 Å². The van der Waals surface area contributed by atoms with E-state index < -0.39 is 0 Å². The maximum atomic E-state index is 12.8. The molecule has 5 nitrogen and oxygen atoms in total. The number of thioether (sulfide) groups is 1. The summed E-state index contributed by atoms with van der Waals surface area (Å²) in [6.45, 7) is 18.2. The van der Waals surface area contributed by atoms with Gasteiger partial charge in [0, 0.05) is 38.6 Å². The topological polar surface area (TPSA) is 49.9 Å². The Balaban J connectivity index is 2.26. The van der Waals surface area contributed by atoms with Gasteiger partial charge in [-0.25, -0.2) is 0 Å². The number of carbonyl (C=O) groups is 2. The van der Waals surface area contributed by atoms with Gasteiger partial charge in [-0.05, 0) is 49.4 Å². The fourth-order valence-electron chi connectivity index (χ4n) is 4.57. The van der Waals surface area contributed by atoms with Crippen LogP contribution in [0.15, 0.2) is 0 Å². The van der Waals surface area contributed by atoms with Crippen LogP contribution >= 0.6 is 11.8 Å². The maximum Gasteiger partial charge on any atom is 0.223 e. The zero-order chi connectivity index (χ0) is 22.5. The molecule has 2 atom stereocenters. The van der Waals surface area contributed by atoms with Gasteiger partial charge in [-0.2, -0.15) is 0 Å². The summed E-state index contributed by atoms with van der Waals surface area (Å²) in [5.41, 5.74) is 0.0428. The minimum Gasteiger partial charge on any atom is -0.371 e. The zero-order valence-corrected chi connectivity index (χ0v) is 21.1. The van der Waals surface area contributed by atoms with Crippen LogP contribution in [-0.4, -0.2) is 58.7 Å². The number of hydrogen-bond donors (Lipinski definition) is 0. The third-order valence-electron chi connectivity index (χ3n) is 7.38. The van der Waals surface area contributed by atoms with E-state index in [2.05, 4.69) is 51.3 Å². The molecule has 2 saturated heterocycles. The summed E-state index contributed by atoms with van der Waals surface area (Å²) in [6.07, 6.45) is 5.09. The van der Waals surface area contributed by atoms with Gasteiger partial charge in [-0.15, -0.1) is 11.8 Å². The molecule has 2 heterocycles. The maximum absolute atomic E-state index is 12.8. The van der Waals surface area contributed by atoms with Crippen molar-refractivity contribution in [3.8, 4) is 0 Å². The molecule has 0 N–H and O–H groups in total. The van der Waals surface area contributed by atoms with Crippen LogP contribution < -0.4 is 0 Å². The number of nitrogens with zero attached hydrogens (tertiary/aromatic N) is 2. The van der Waals surface area contributed by atoms with Gasteiger partial charge in [0.1, 0.15) is 0 Å². The molecule has 0 aromatic rings. The molecule has 2 unspecified atom stereocenters. The molecule has 174 valence electrons. The Morgan fingerprint density at radius 1 is 0.933 bits per heavy atom. The van der Waals surface area contributed by atoms with Crippen molar-refractivity contribution in [2.45, 2.75) is 98.4 Å². The Morgan fingerprint density at radius 3 is 1.97 bits per heavy atom. The van der Waals surface area contributed by atoms with Gasteiger partial charge in [0.2, 0.25) is 11.8 Å². The third-order valence-corrected chi connectivity index (χ3v) is 8.49. The van der Waals surface area contributed by atoms with Crippen molar-refractivity contribution in [3.63, 3.8) is 0 Å². The Bertz CT molecular complexity index is 591. The number of ether oxygens (including phenoxy) is 1. The predicted octanol–water partition coefficient (Wildman–Crippen LogP) is 5.14. The quantitative estimate of drug-likeness (QED) is 0.311. The molecular weight excluding hydrogens is 396 g/mol. The van der Waals surface area contributed by atoms with E-state index in [0.29, 0.717) is 37.2 Å². The molecule has 2 amide bonds. The highest BCUT2D eigenvalue weighted by molar-refractivity contribution is 7.99. The normalized spacial score (nSPS) is 20.5. The molecule has 0 aliphatic carbocycles. The molecule has 0 radical (unpaired) electrons. The minimum atomic E-state index is -0.0983. The molecular formula is C24H44N2O3S.